The molecule has 0 atom stereocenters. The molecule has 0 fully saturated rings. The molecule has 6 aromatic carbocycles. The van der Waals surface area contributed by atoms with Crippen molar-refractivity contribution >= 4 is 44.1 Å². The minimum atomic E-state index is 0.909. The number of fused-ring (bicyclic) bond motifs is 4. The molecule has 0 spiro atoms. The van der Waals surface area contributed by atoms with Crippen molar-refractivity contribution in [2.75, 3.05) is 11.9 Å². The van der Waals surface area contributed by atoms with Crippen LogP contribution in [0.4, 0.5) is 11.4 Å². The largest absolute Gasteiger partial charge is 0.456 e. The molecule has 2 heteroatoms. The van der Waals surface area contributed by atoms with Gasteiger partial charge in [-0.05, 0) is 63.4 Å². The van der Waals surface area contributed by atoms with Crippen molar-refractivity contribution in [1.82, 2.24) is 0 Å². The zero-order valence-electron chi connectivity index (χ0n) is 20.6. The van der Waals surface area contributed by atoms with Gasteiger partial charge in [-0.2, -0.15) is 0 Å². The topological polar surface area (TPSA) is 16.4 Å². The second kappa shape index (κ2) is 8.69. The fraction of sp³-hybridized carbons (Fsp3) is 0.0286. The maximum atomic E-state index is 6.12. The predicted molar refractivity (Wildman–Crippen MR) is 157 cm³/mol. The monoisotopic (exact) mass is 475 g/mol. The summed E-state index contributed by atoms with van der Waals surface area (Å²) in [5, 5.41) is 4.83. The summed E-state index contributed by atoms with van der Waals surface area (Å²) in [6.45, 7) is 0. The van der Waals surface area contributed by atoms with Crippen LogP contribution in [-0.4, -0.2) is 7.05 Å². The first-order chi connectivity index (χ1) is 18.3. The number of para-hydroxylation sites is 1. The Labute approximate surface area is 216 Å². The highest BCUT2D eigenvalue weighted by Gasteiger charge is 2.12. The zero-order valence-corrected chi connectivity index (χ0v) is 20.6. The Hall–Kier alpha value is -4.82. The summed E-state index contributed by atoms with van der Waals surface area (Å²) in [6, 6.07) is 47.2. The van der Waals surface area contributed by atoms with Crippen LogP contribution >= 0.6 is 0 Å². The van der Waals surface area contributed by atoms with E-state index in [0.717, 1.165) is 33.3 Å². The van der Waals surface area contributed by atoms with Crippen LogP contribution in [0.5, 0.6) is 0 Å². The fourth-order valence-electron chi connectivity index (χ4n) is 5.38. The zero-order chi connectivity index (χ0) is 24.8. The number of furan rings is 1. The number of benzene rings is 6. The highest BCUT2D eigenvalue weighted by molar-refractivity contribution is 6.07. The number of anilines is 2. The van der Waals surface area contributed by atoms with Crippen LogP contribution in [-0.2, 0) is 0 Å². The summed E-state index contributed by atoms with van der Waals surface area (Å²) < 4.78 is 6.12. The third-order valence-corrected chi connectivity index (χ3v) is 7.30. The first kappa shape index (κ1) is 21.5. The molecule has 176 valence electrons. The molecule has 0 aliphatic carbocycles. The van der Waals surface area contributed by atoms with E-state index in [9.17, 15) is 0 Å². The average Bonchev–Trinajstić information content (AvgIpc) is 3.34. The minimum Gasteiger partial charge on any atom is -0.456 e. The van der Waals surface area contributed by atoms with E-state index in [0.29, 0.717) is 0 Å². The van der Waals surface area contributed by atoms with Crippen LogP contribution in [0.1, 0.15) is 0 Å². The fourth-order valence-corrected chi connectivity index (χ4v) is 5.38. The lowest BCUT2D eigenvalue weighted by molar-refractivity contribution is 0.669. The van der Waals surface area contributed by atoms with E-state index in [-0.39, 0.29) is 0 Å². The highest BCUT2D eigenvalue weighted by atomic mass is 16.3. The van der Waals surface area contributed by atoms with E-state index in [1.165, 1.54) is 33.0 Å². The van der Waals surface area contributed by atoms with E-state index in [1.54, 1.807) is 0 Å². The summed E-state index contributed by atoms with van der Waals surface area (Å²) in [5.41, 5.74) is 9.00. The molecule has 0 saturated carbocycles. The molecule has 1 heterocycles. The second-order valence-corrected chi connectivity index (χ2v) is 9.46. The average molecular weight is 476 g/mol. The van der Waals surface area contributed by atoms with Gasteiger partial charge in [0, 0.05) is 35.3 Å². The molecule has 0 N–H and O–H groups in total. The van der Waals surface area contributed by atoms with Crippen LogP contribution < -0.4 is 4.90 Å². The molecule has 0 radical (unpaired) electrons. The lowest BCUT2D eigenvalue weighted by Crippen LogP contribution is -2.08. The third-order valence-electron chi connectivity index (χ3n) is 7.30. The summed E-state index contributed by atoms with van der Waals surface area (Å²) >= 11 is 0. The van der Waals surface area contributed by atoms with Crippen molar-refractivity contribution in [1.29, 1.82) is 0 Å². The standard InChI is InChI=1S/C35H25NO/c1-36(28-21-22-32-31-13-5-6-16-33(31)37-34(32)23-28)27-19-17-25(18-20-27)30-15-8-12-26-11-7-14-29(35(26)30)24-9-3-2-4-10-24/h2-23H,1H3. The van der Waals surface area contributed by atoms with Gasteiger partial charge in [-0.15, -0.1) is 0 Å². The summed E-state index contributed by atoms with van der Waals surface area (Å²) in [7, 11) is 2.10. The first-order valence-corrected chi connectivity index (χ1v) is 12.6. The van der Waals surface area contributed by atoms with Crippen molar-refractivity contribution in [2.24, 2.45) is 0 Å². The van der Waals surface area contributed by atoms with Crippen LogP contribution in [0.3, 0.4) is 0 Å². The summed E-state index contributed by atoms with van der Waals surface area (Å²) in [4.78, 5) is 2.20. The Morgan fingerprint density at radius 1 is 0.486 bits per heavy atom. The van der Waals surface area contributed by atoms with E-state index in [2.05, 4.69) is 133 Å². The van der Waals surface area contributed by atoms with Gasteiger partial charge in [0.25, 0.3) is 0 Å². The molecule has 1 aromatic heterocycles. The quantitative estimate of drug-likeness (QED) is 0.252. The second-order valence-electron chi connectivity index (χ2n) is 9.46. The van der Waals surface area contributed by atoms with Gasteiger partial charge in [0.15, 0.2) is 0 Å². The lowest BCUT2D eigenvalue weighted by Gasteiger charge is -2.20. The van der Waals surface area contributed by atoms with Crippen molar-refractivity contribution < 1.29 is 4.42 Å². The number of hydrogen-bond donors (Lipinski definition) is 0. The van der Waals surface area contributed by atoms with Crippen LogP contribution in [0.15, 0.2) is 138 Å². The molecule has 0 aliphatic rings. The summed E-state index contributed by atoms with van der Waals surface area (Å²) in [6.07, 6.45) is 0. The van der Waals surface area contributed by atoms with Crippen molar-refractivity contribution in [3.05, 3.63) is 133 Å². The van der Waals surface area contributed by atoms with Crippen molar-refractivity contribution in [3.63, 3.8) is 0 Å². The molecule has 0 saturated heterocycles. The molecule has 2 nitrogen and oxygen atoms in total. The Bertz CT molecular complexity index is 1880. The molecule has 0 amide bonds. The maximum absolute atomic E-state index is 6.12. The molecular weight excluding hydrogens is 450 g/mol. The van der Waals surface area contributed by atoms with Gasteiger partial charge in [0.05, 0.1) is 0 Å². The van der Waals surface area contributed by atoms with Crippen molar-refractivity contribution in [3.8, 4) is 22.3 Å². The van der Waals surface area contributed by atoms with Crippen LogP contribution in [0.2, 0.25) is 0 Å². The Kier molecular flexibility index (Phi) is 5.04. The van der Waals surface area contributed by atoms with Crippen LogP contribution in [0.25, 0.3) is 55.0 Å². The summed E-state index contributed by atoms with van der Waals surface area (Å²) in [5.74, 6) is 0. The maximum Gasteiger partial charge on any atom is 0.137 e. The minimum absolute atomic E-state index is 0.909. The molecule has 0 bridgehead atoms. The first-order valence-electron chi connectivity index (χ1n) is 12.6. The Morgan fingerprint density at radius 2 is 1.11 bits per heavy atom. The molecular formula is C35H25NO. The molecule has 0 unspecified atom stereocenters. The van der Waals surface area contributed by atoms with E-state index in [4.69, 9.17) is 4.42 Å². The van der Waals surface area contributed by atoms with Gasteiger partial charge < -0.3 is 9.32 Å². The SMILES string of the molecule is CN(c1ccc(-c2cccc3cccc(-c4ccccc4)c23)cc1)c1ccc2c(c1)oc1ccccc12. The van der Waals surface area contributed by atoms with Gasteiger partial charge >= 0.3 is 0 Å². The number of rotatable bonds is 4. The van der Waals surface area contributed by atoms with Gasteiger partial charge in [-0.3, -0.25) is 0 Å². The van der Waals surface area contributed by atoms with Gasteiger partial charge in [0.2, 0.25) is 0 Å². The lowest BCUT2D eigenvalue weighted by atomic mass is 9.91. The molecule has 0 aliphatic heterocycles. The Morgan fingerprint density at radius 3 is 1.86 bits per heavy atom. The van der Waals surface area contributed by atoms with Crippen molar-refractivity contribution in [2.45, 2.75) is 0 Å². The molecule has 37 heavy (non-hydrogen) atoms. The van der Waals surface area contributed by atoms with E-state index >= 15 is 0 Å². The van der Waals surface area contributed by atoms with Gasteiger partial charge in [-0.1, -0.05) is 97.1 Å². The van der Waals surface area contributed by atoms with Gasteiger partial charge in [0.1, 0.15) is 11.2 Å². The number of hydrogen-bond acceptors (Lipinski definition) is 2. The normalized spacial score (nSPS) is 11.4. The third kappa shape index (κ3) is 3.66. The predicted octanol–water partition coefficient (Wildman–Crippen LogP) is 9.84. The number of nitrogens with zero attached hydrogens (tertiary/aromatic N) is 1. The van der Waals surface area contributed by atoms with Crippen LogP contribution in [0, 0.1) is 0 Å². The van der Waals surface area contributed by atoms with E-state index < -0.39 is 0 Å². The smallest absolute Gasteiger partial charge is 0.137 e. The molecule has 7 aromatic rings. The van der Waals surface area contributed by atoms with E-state index in [1.807, 2.05) is 12.1 Å². The highest BCUT2D eigenvalue weighted by Crippen LogP contribution is 2.38. The van der Waals surface area contributed by atoms with Gasteiger partial charge in [-0.25, -0.2) is 0 Å². The molecule has 7 rings (SSSR count). The Balaban J connectivity index is 1.27.